The van der Waals surface area contributed by atoms with Crippen molar-refractivity contribution in [2.45, 2.75) is 25.3 Å². The number of carbonyl (C=O) groups excluding carboxylic acids is 1. The number of nitrogens with zero attached hydrogens (tertiary/aromatic N) is 4. The highest BCUT2D eigenvalue weighted by atomic mass is 35.5. The van der Waals surface area contributed by atoms with Crippen LogP contribution in [0.3, 0.4) is 0 Å². The summed E-state index contributed by atoms with van der Waals surface area (Å²) in [4.78, 5) is 13.1. The molecule has 0 bridgehead atoms. The van der Waals surface area contributed by atoms with Gasteiger partial charge in [-0.05, 0) is 42.7 Å². The van der Waals surface area contributed by atoms with Gasteiger partial charge in [0, 0.05) is 18.1 Å². The van der Waals surface area contributed by atoms with E-state index in [4.69, 9.17) is 23.2 Å². The van der Waals surface area contributed by atoms with Crippen LogP contribution in [-0.4, -0.2) is 29.7 Å². The fourth-order valence-corrected chi connectivity index (χ4v) is 4.24. The van der Waals surface area contributed by atoms with E-state index in [1.54, 1.807) is 23.2 Å². The average molecular weight is 442 g/mol. The van der Waals surface area contributed by atoms with E-state index in [9.17, 15) is 10.1 Å². The third kappa shape index (κ3) is 4.15. The molecule has 2 unspecified atom stereocenters. The molecule has 4 rings (SSSR count). The minimum atomic E-state index is -0.757. The predicted molar refractivity (Wildman–Crippen MR) is 118 cm³/mol. The number of carbonyl (C=O) groups is 1. The summed E-state index contributed by atoms with van der Waals surface area (Å²) >= 11 is 12.5. The highest BCUT2D eigenvalue weighted by molar-refractivity contribution is 6.41. The Morgan fingerprint density at radius 3 is 2.43 bits per heavy atom. The first-order valence-corrected chi connectivity index (χ1v) is 10.7. The van der Waals surface area contributed by atoms with Crippen molar-refractivity contribution in [3.63, 3.8) is 0 Å². The van der Waals surface area contributed by atoms with Crippen LogP contribution in [0.2, 0.25) is 10.0 Å². The number of anilines is 1. The van der Waals surface area contributed by atoms with Crippen molar-refractivity contribution in [3.8, 4) is 6.07 Å². The summed E-state index contributed by atoms with van der Waals surface area (Å²) < 4.78 is 0. The van der Waals surface area contributed by atoms with Crippen molar-refractivity contribution in [2.24, 2.45) is 11.0 Å². The Morgan fingerprint density at radius 1 is 1.07 bits per heavy atom. The van der Waals surface area contributed by atoms with Crippen molar-refractivity contribution in [3.05, 3.63) is 64.1 Å². The summed E-state index contributed by atoms with van der Waals surface area (Å²) in [5.41, 5.74) is 4.58. The molecule has 1 amide bonds. The molecular formula is C22H21Cl2N5O. The van der Waals surface area contributed by atoms with E-state index in [1.807, 2.05) is 35.3 Å². The lowest BCUT2D eigenvalue weighted by Crippen LogP contribution is -2.48. The van der Waals surface area contributed by atoms with E-state index in [2.05, 4.69) is 16.6 Å². The van der Waals surface area contributed by atoms with E-state index in [0.29, 0.717) is 15.7 Å². The van der Waals surface area contributed by atoms with E-state index >= 15 is 0 Å². The summed E-state index contributed by atoms with van der Waals surface area (Å²) in [7, 11) is 0. The van der Waals surface area contributed by atoms with Gasteiger partial charge in [0.05, 0.1) is 22.8 Å². The molecule has 8 heteroatoms. The van der Waals surface area contributed by atoms with Gasteiger partial charge in [-0.15, -0.1) is 0 Å². The van der Waals surface area contributed by atoms with Gasteiger partial charge in [0.2, 0.25) is 0 Å². The van der Waals surface area contributed by atoms with Crippen LogP contribution in [0.1, 0.15) is 30.9 Å². The van der Waals surface area contributed by atoms with E-state index in [0.717, 1.165) is 37.9 Å². The zero-order valence-electron chi connectivity index (χ0n) is 16.3. The second kappa shape index (κ2) is 9.05. The number of hydrazone groups is 1. The number of hydrogen-bond donors (Lipinski definition) is 1. The van der Waals surface area contributed by atoms with Gasteiger partial charge in [0.1, 0.15) is 11.6 Å². The third-order valence-corrected chi connectivity index (χ3v) is 5.96. The van der Waals surface area contributed by atoms with Gasteiger partial charge in [0.25, 0.3) is 5.91 Å². The lowest BCUT2D eigenvalue weighted by Gasteiger charge is -2.27. The zero-order chi connectivity index (χ0) is 21.1. The number of halogens is 2. The predicted octanol–water partition coefficient (Wildman–Crippen LogP) is 4.57. The number of piperidine rings is 1. The van der Waals surface area contributed by atoms with Crippen molar-refractivity contribution in [1.82, 2.24) is 10.4 Å². The summed E-state index contributed by atoms with van der Waals surface area (Å²) in [6.45, 7) is 1.59. The van der Waals surface area contributed by atoms with Crippen LogP contribution in [-0.2, 0) is 4.79 Å². The molecular weight excluding hydrogens is 421 g/mol. The number of amides is 1. The maximum atomic E-state index is 13.1. The Kier molecular flexibility index (Phi) is 6.24. The molecule has 1 saturated heterocycles. The number of nitriles is 1. The van der Waals surface area contributed by atoms with Gasteiger partial charge in [-0.3, -0.25) is 15.2 Å². The van der Waals surface area contributed by atoms with Crippen molar-refractivity contribution in [1.29, 1.82) is 5.26 Å². The van der Waals surface area contributed by atoms with Crippen molar-refractivity contribution in [2.75, 3.05) is 18.1 Å². The Balaban J connectivity index is 1.71. The molecule has 0 aromatic heterocycles. The number of para-hydroxylation sites is 1. The lowest BCUT2D eigenvalue weighted by atomic mass is 9.90. The molecule has 2 heterocycles. The molecule has 1 N–H and O–H groups in total. The Hall–Kier alpha value is -2.59. The van der Waals surface area contributed by atoms with Crippen LogP contribution in [0, 0.1) is 17.2 Å². The number of hydrogen-bond acceptors (Lipinski definition) is 5. The first kappa shape index (κ1) is 20.7. The molecule has 0 spiro atoms. The Morgan fingerprint density at radius 2 is 1.77 bits per heavy atom. The Bertz CT molecular complexity index is 995. The highest BCUT2D eigenvalue weighted by Crippen LogP contribution is 2.41. The second-order valence-electron chi connectivity index (χ2n) is 7.37. The fourth-order valence-electron chi connectivity index (χ4n) is 3.89. The number of nitrogens with one attached hydrogen (secondary N) is 1. The molecule has 2 aromatic rings. The van der Waals surface area contributed by atoms with E-state index in [-0.39, 0.29) is 11.6 Å². The summed E-state index contributed by atoms with van der Waals surface area (Å²) in [6, 6.07) is 16.3. The van der Waals surface area contributed by atoms with Gasteiger partial charge in [-0.25, -0.2) is 5.01 Å². The molecule has 30 heavy (non-hydrogen) atoms. The topological polar surface area (TPSA) is 71.7 Å². The number of benzene rings is 2. The minimum Gasteiger partial charge on any atom is -0.284 e. The molecule has 0 radical (unpaired) electrons. The quantitative estimate of drug-likeness (QED) is 0.753. The number of rotatable bonds is 4. The lowest BCUT2D eigenvalue weighted by molar-refractivity contribution is -0.119. The first-order chi connectivity index (χ1) is 14.6. The molecule has 2 atom stereocenters. The normalized spacial score (nSPS) is 21.8. The van der Waals surface area contributed by atoms with Crippen LogP contribution in [0.15, 0.2) is 53.6 Å². The van der Waals surface area contributed by atoms with Crippen LogP contribution in [0.25, 0.3) is 0 Å². The van der Waals surface area contributed by atoms with Crippen LogP contribution < -0.4 is 10.4 Å². The monoisotopic (exact) mass is 441 g/mol. The van der Waals surface area contributed by atoms with Crippen molar-refractivity contribution >= 4 is 40.5 Å². The van der Waals surface area contributed by atoms with Gasteiger partial charge < -0.3 is 0 Å². The van der Waals surface area contributed by atoms with Gasteiger partial charge >= 0.3 is 0 Å². The van der Waals surface area contributed by atoms with E-state index in [1.165, 1.54) is 0 Å². The molecule has 154 valence electrons. The minimum absolute atomic E-state index is 0.183. The first-order valence-electron chi connectivity index (χ1n) is 9.92. The van der Waals surface area contributed by atoms with Crippen LogP contribution in [0.4, 0.5) is 5.69 Å². The van der Waals surface area contributed by atoms with Gasteiger partial charge in [0.15, 0.2) is 0 Å². The van der Waals surface area contributed by atoms with Crippen LogP contribution in [0.5, 0.6) is 0 Å². The fraction of sp³-hybridized carbons (Fsp3) is 0.318. The molecule has 1 fully saturated rings. The standard InChI is InChI=1S/C22H21Cl2N5O/c23-16-10-8-15(9-11-16)21-17(14-25)20(22(30)27-28-12-4-1-5-13-28)26-29(21)19-7-3-2-6-18(19)24/h2-3,6-11,17,21H,1,4-5,12-13H2,(H,27,30). The SMILES string of the molecule is N#CC1C(C(=O)NN2CCCCC2)=NN(c2ccccc2Cl)C1c1ccc(Cl)cc1. The molecule has 2 aliphatic heterocycles. The largest absolute Gasteiger partial charge is 0.284 e. The third-order valence-electron chi connectivity index (χ3n) is 5.39. The zero-order valence-corrected chi connectivity index (χ0v) is 17.8. The second-order valence-corrected chi connectivity index (χ2v) is 8.22. The molecule has 2 aliphatic rings. The van der Waals surface area contributed by atoms with Gasteiger partial charge in [-0.2, -0.15) is 10.4 Å². The Labute approximate surface area is 185 Å². The van der Waals surface area contributed by atoms with Crippen LogP contribution >= 0.6 is 23.2 Å². The molecule has 0 aliphatic carbocycles. The average Bonchev–Trinajstić information content (AvgIpc) is 3.15. The van der Waals surface area contributed by atoms with Gasteiger partial charge in [-0.1, -0.05) is 53.9 Å². The molecule has 0 saturated carbocycles. The highest BCUT2D eigenvalue weighted by Gasteiger charge is 2.43. The molecule has 6 nitrogen and oxygen atoms in total. The summed E-state index contributed by atoms with van der Waals surface area (Å²) in [6.07, 6.45) is 3.23. The summed E-state index contributed by atoms with van der Waals surface area (Å²) in [5.74, 6) is -1.11. The smallest absolute Gasteiger partial charge is 0.283 e. The maximum absolute atomic E-state index is 13.1. The molecule has 2 aromatic carbocycles. The van der Waals surface area contributed by atoms with E-state index < -0.39 is 12.0 Å². The number of hydrazine groups is 1. The van der Waals surface area contributed by atoms with Crippen molar-refractivity contribution < 1.29 is 4.79 Å². The summed E-state index contributed by atoms with van der Waals surface area (Å²) in [5, 5.41) is 19.3. The maximum Gasteiger partial charge on any atom is 0.283 e.